The van der Waals surface area contributed by atoms with Crippen LogP contribution in [0.1, 0.15) is 18.9 Å². The molecule has 2 aliphatic heterocycles. The molecule has 4 rings (SSSR count). The van der Waals surface area contributed by atoms with Gasteiger partial charge in [0.25, 0.3) is 5.91 Å². The minimum atomic E-state index is -1.03. The van der Waals surface area contributed by atoms with E-state index in [1.54, 1.807) is 13.3 Å². The van der Waals surface area contributed by atoms with E-state index in [2.05, 4.69) is 20.1 Å². The summed E-state index contributed by atoms with van der Waals surface area (Å²) in [6, 6.07) is 12.8. The number of nitrogens with zero attached hydrogens (tertiary/aromatic N) is 4. The molecule has 158 valence electrons. The number of ether oxygens (including phenoxy) is 1. The third-order valence-corrected chi connectivity index (χ3v) is 5.98. The molecule has 2 aliphatic rings. The number of piperazine rings is 1. The quantitative estimate of drug-likeness (QED) is 0.736. The molecule has 8 heteroatoms. The highest BCUT2D eigenvalue weighted by Gasteiger charge is 2.51. The fourth-order valence-electron chi connectivity index (χ4n) is 4.13. The van der Waals surface area contributed by atoms with Crippen LogP contribution in [0.5, 0.6) is 5.75 Å². The highest BCUT2D eigenvalue weighted by Crippen LogP contribution is 2.33. The summed E-state index contributed by atoms with van der Waals surface area (Å²) in [5.41, 5.74) is -0.259. The van der Waals surface area contributed by atoms with E-state index in [1.807, 2.05) is 49.4 Å². The van der Waals surface area contributed by atoms with Crippen molar-refractivity contribution in [1.29, 1.82) is 0 Å². The molecule has 1 N–H and O–H groups in total. The number of imide groups is 1. The van der Waals surface area contributed by atoms with Crippen LogP contribution in [0.25, 0.3) is 0 Å². The van der Waals surface area contributed by atoms with Gasteiger partial charge in [-0.15, -0.1) is 0 Å². The first-order chi connectivity index (χ1) is 14.6. The van der Waals surface area contributed by atoms with Gasteiger partial charge in [0.15, 0.2) is 0 Å². The van der Waals surface area contributed by atoms with Gasteiger partial charge < -0.3 is 15.0 Å². The molecule has 2 fully saturated rings. The number of nitrogens with one attached hydrogen (secondary N) is 1. The summed E-state index contributed by atoms with van der Waals surface area (Å²) in [5, 5.41) is 2.94. The monoisotopic (exact) mass is 409 g/mol. The molecule has 1 aromatic heterocycles. The third-order valence-electron chi connectivity index (χ3n) is 5.98. The van der Waals surface area contributed by atoms with Crippen molar-refractivity contribution in [3.63, 3.8) is 0 Å². The molecule has 8 nitrogen and oxygen atoms in total. The Balaban J connectivity index is 1.44. The van der Waals surface area contributed by atoms with Crippen molar-refractivity contribution in [1.82, 2.24) is 20.1 Å². The molecule has 2 saturated heterocycles. The van der Waals surface area contributed by atoms with Crippen molar-refractivity contribution in [2.75, 3.05) is 44.9 Å². The Morgan fingerprint density at radius 2 is 1.80 bits per heavy atom. The van der Waals surface area contributed by atoms with E-state index in [4.69, 9.17) is 4.74 Å². The van der Waals surface area contributed by atoms with Crippen molar-refractivity contribution >= 4 is 17.8 Å². The van der Waals surface area contributed by atoms with E-state index >= 15 is 0 Å². The van der Waals surface area contributed by atoms with Crippen LogP contribution >= 0.6 is 0 Å². The highest BCUT2D eigenvalue weighted by molar-refractivity contribution is 6.07. The maximum atomic E-state index is 13.3. The second kappa shape index (κ2) is 8.31. The number of hydrogen-bond acceptors (Lipinski definition) is 6. The Hall–Kier alpha value is -3.13. The normalized spacial score (nSPS) is 22.3. The second-order valence-electron chi connectivity index (χ2n) is 7.59. The fraction of sp³-hybridized carbons (Fsp3) is 0.409. The molecule has 0 radical (unpaired) electrons. The zero-order chi connectivity index (χ0) is 21.1. The molecule has 0 aliphatic carbocycles. The average Bonchev–Trinajstić information content (AvgIpc) is 3.05. The van der Waals surface area contributed by atoms with Crippen LogP contribution in [-0.4, -0.2) is 66.7 Å². The zero-order valence-corrected chi connectivity index (χ0v) is 17.4. The van der Waals surface area contributed by atoms with Crippen molar-refractivity contribution < 1.29 is 14.3 Å². The smallest absolute Gasteiger partial charge is 0.326 e. The zero-order valence-electron chi connectivity index (χ0n) is 17.4. The number of carbonyl (C=O) groups is 2. The van der Waals surface area contributed by atoms with E-state index in [1.165, 1.54) is 4.90 Å². The van der Waals surface area contributed by atoms with Gasteiger partial charge in [0.1, 0.15) is 17.1 Å². The summed E-state index contributed by atoms with van der Waals surface area (Å²) in [6.07, 6.45) is 2.27. The summed E-state index contributed by atoms with van der Waals surface area (Å²) in [4.78, 5) is 36.2. The molecule has 1 aromatic carbocycles. The molecule has 3 heterocycles. The van der Waals surface area contributed by atoms with Gasteiger partial charge in [0.05, 0.1) is 13.8 Å². The Kier molecular flexibility index (Phi) is 5.59. The molecule has 0 unspecified atom stereocenters. The van der Waals surface area contributed by atoms with Gasteiger partial charge in [0.2, 0.25) is 0 Å². The largest absolute Gasteiger partial charge is 0.497 e. The first-order valence-corrected chi connectivity index (χ1v) is 10.2. The molecule has 2 aromatic rings. The summed E-state index contributed by atoms with van der Waals surface area (Å²) in [7, 11) is 1.60. The lowest BCUT2D eigenvalue weighted by Gasteiger charge is -2.36. The number of pyridine rings is 1. The van der Waals surface area contributed by atoms with E-state index in [0.717, 1.165) is 37.6 Å². The number of anilines is 1. The average molecular weight is 409 g/mol. The van der Waals surface area contributed by atoms with Crippen LogP contribution in [0.4, 0.5) is 10.6 Å². The van der Waals surface area contributed by atoms with Crippen molar-refractivity contribution in [3.05, 3.63) is 54.2 Å². The van der Waals surface area contributed by atoms with Crippen molar-refractivity contribution in [3.8, 4) is 5.75 Å². The molecular weight excluding hydrogens is 382 g/mol. The number of carbonyl (C=O) groups excluding carboxylic acids is 2. The first kappa shape index (κ1) is 20.2. The highest BCUT2D eigenvalue weighted by atomic mass is 16.5. The van der Waals surface area contributed by atoms with E-state index in [-0.39, 0.29) is 11.9 Å². The van der Waals surface area contributed by atoms with E-state index in [9.17, 15) is 9.59 Å². The van der Waals surface area contributed by atoms with Crippen LogP contribution in [-0.2, 0) is 10.3 Å². The number of benzene rings is 1. The summed E-state index contributed by atoms with van der Waals surface area (Å²) >= 11 is 0. The minimum Gasteiger partial charge on any atom is -0.497 e. The molecule has 0 bridgehead atoms. The number of aromatic nitrogens is 1. The molecule has 30 heavy (non-hydrogen) atoms. The number of urea groups is 1. The minimum absolute atomic E-state index is 0.202. The molecule has 1 atom stereocenters. The van der Waals surface area contributed by atoms with Crippen LogP contribution in [0.15, 0.2) is 48.7 Å². The lowest BCUT2D eigenvalue weighted by atomic mass is 9.87. The molecule has 0 saturated carbocycles. The van der Waals surface area contributed by atoms with Crippen LogP contribution in [0.3, 0.4) is 0 Å². The second-order valence-corrected chi connectivity index (χ2v) is 7.59. The van der Waals surface area contributed by atoms with Crippen molar-refractivity contribution in [2.24, 2.45) is 0 Å². The van der Waals surface area contributed by atoms with Gasteiger partial charge >= 0.3 is 6.03 Å². The predicted octanol–water partition coefficient (Wildman–Crippen LogP) is 2.03. The number of rotatable bonds is 6. The lowest BCUT2D eigenvalue weighted by molar-refractivity contribution is -0.133. The summed E-state index contributed by atoms with van der Waals surface area (Å²) in [5.74, 6) is 1.47. The van der Waals surface area contributed by atoms with Gasteiger partial charge in [0, 0.05) is 32.4 Å². The van der Waals surface area contributed by atoms with Gasteiger partial charge in [-0.25, -0.2) is 14.7 Å². The molecule has 0 spiro atoms. The number of amides is 3. The fourth-order valence-corrected chi connectivity index (χ4v) is 4.13. The Bertz CT molecular complexity index is 897. The van der Waals surface area contributed by atoms with Gasteiger partial charge in [-0.2, -0.15) is 0 Å². The van der Waals surface area contributed by atoms with Crippen LogP contribution in [0.2, 0.25) is 0 Å². The molecule has 3 amide bonds. The lowest BCUT2D eigenvalue weighted by Crippen LogP contribution is -2.52. The summed E-state index contributed by atoms with van der Waals surface area (Å²) in [6.45, 7) is 5.33. The number of hydrogen-bond donors (Lipinski definition) is 1. The third kappa shape index (κ3) is 3.59. The van der Waals surface area contributed by atoms with Gasteiger partial charge in [-0.3, -0.25) is 9.69 Å². The van der Waals surface area contributed by atoms with E-state index in [0.29, 0.717) is 18.8 Å². The Labute approximate surface area is 176 Å². The maximum Gasteiger partial charge on any atom is 0.326 e. The topological polar surface area (TPSA) is 78.0 Å². The SMILES string of the molecule is CC[C@]1(c2ccc(OC)cc2)NC(=O)N(CN2CCN(c3ccccn3)CC2)C1=O. The summed E-state index contributed by atoms with van der Waals surface area (Å²) < 4.78 is 5.21. The van der Waals surface area contributed by atoms with Crippen LogP contribution in [0, 0.1) is 0 Å². The van der Waals surface area contributed by atoms with Crippen LogP contribution < -0.4 is 15.0 Å². The van der Waals surface area contributed by atoms with E-state index < -0.39 is 5.54 Å². The predicted molar refractivity (Wildman–Crippen MR) is 113 cm³/mol. The molecular formula is C22H27N5O3. The Morgan fingerprint density at radius 1 is 1.07 bits per heavy atom. The first-order valence-electron chi connectivity index (χ1n) is 10.2. The van der Waals surface area contributed by atoms with Gasteiger partial charge in [-0.1, -0.05) is 25.1 Å². The van der Waals surface area contributed by atoms with Crippen molar-refractivity contribution in [2.45, 2.75) is 18.9 Å². The maximum absolute atomic E-state index is 13.3. The number of methoxy groups -OCH3 is 1. The Morgan fingerprint density at radius 3 is 2.40 bits per heavy atom. The standard InChI is InChI=1S/C22H27N5O3/c1-3-22(17-7-9-18(30-2)10-8-17)20(28)27(21(29)24-22)16-25-12-14-26(15-13-25)19-6-4-5-11-23-19/h4-11H,3,12-16H2,1-2H3,(H,24,29)/t22-/m1/s1. The van der Waals surface area contributed by atoms with Gasteiger partial charge in [-0.05, 0) is 36.2 Å².